The number of aromatic nitrogens is 4. The number of carbonyl (C=O) groups excluding carboxylic acids is 1. The molecule has 1 aromatic carbocycles. The Morgan fingerprint density at radius 3 is 2.86 bits per heavy atom. The summed E-state index contributed by atoms with van der Waals surface area (Å²) in [6.45, 7) is 0.727. The van der Waals surface area contributed by atoms with E-state index in [1.165, 1.54) is 0 Å². The molecule has 0 spiro atoms. The van der Waals surface area contributed by atoms with Crippen molar-refractivity contribution in [1.82, 2.24) is 25.3 Å². The molecule has 3 rings (SSSR count). The largest absolute Gasteiger partial charge is 0.354 e. The monoisotopic (exact) mass is 281 g/mol. The number of pyridine rings is 1. The van der Waals surface area contributed by atoms with Crippen LogP contribution in [0.5, 0.6) is 0 Å². The van der Waals surface area contributed by atoms with Gasteiger partial charge in [0.1, 0.15) is 12.1 Å². The number of nitrogens with one attached hydrogen (secondary N) is 1. The fraction of sp³-hybridized carbons (Fsp3) is 0.200. The predicted molar refractivity (Wildman–Crippen MR) is 78.5 cm³/mol. The fourth-order valence-corrected chi connectivity index (χ4v) is 2.10. The second-order valence-electron chi connectivity index (χ2n) is 4.66. The molecular weight excluding hydrogens is 266 g/mol. The number of benzene rings is 1. The first-order valence-electron chi connectivity index (χ1n) is 6.78. The van der Waals surface area contributed by atoms with Crippen molar-refractivity contribution in [1.29, 1.82) is 0 Å². The number of hydrogen-bond acceptors (Lipinski definition) is 4. The van der Waals surface area contributed by atoms with E-state index >= 15 is 0 Å². The normalized spacial score (nSPS) is 10.7. The molecule has 0 radical (unpaired) electrons. The molecule has 6 heteroatoms. The van der Waals surface area contributed by atoms with Gasteiger partial charge in [0.15, 0.2) is 0 Å². The van der Waals surface area contributed by atoms with Gasteiger partial charge in [0.25, 0.3) is 0 Å². The van der Waals surface area contributed by atoms with Gasteiger partial charge in [-0.1, -0.05) is 23.4 Å². The van der Waals surface area contributed by atoms with Crippen LogP contribution in [-0.4, -0.2) is 32.4 Å². The molecule has 2 aromatic heterocycles. The summed E-state index contributed by atoms with van der Waals surface area (Å²) < 4.78 is 1.60. The van der Waals surface area contributed by atoms with E-state index in [9.17, 15) is 4.79 Å². The van der Waals surface area contributed by atoms with Crippen molar-refractivity contribution in [3.63, 3.8) is 0 Å². The van der Waals surface area contributed by atoms with Gasteiger partial charge in [0.05, 0.1) is 5.52 Å². The second-order valence-corrected chi connectivity index (χ2v) is 4.66. The predicted octanol–water partition coefficient (Wildman–Crippen LogP) is 1.19. The third-order valence-electron chi connectivity index (χ3n) is 3.14. The quantitative estimate of drug-likeness (QED) is 0.762. The molecule has 0 fully saturated rings. The first-order chi connectivity index (χ1) is 10.3. The lowest BCUT2D eigenvalue weighted by atomic mass is 10.3. The Labute approximate surface area is 121 Å². The van der Waals surface area contributed by atoms with E-state index in [-0.39, 0.29) is 12.5 Å². The van der Waals surface area contributed by atoms with E-state index in [0.29, 0.717) is 13.0 Å². The molecule has 1 N–H and O–H groups in total. The summed E-state index contributed by atoms with van der Waals surface area (Å²) in [7, 11) is 0. The van der Waals surface area contributed by atoms with Crippen molar-refractivity contribution in [2.24, 2.45) is 0 Å². The Morgan fingerprint density at radius 2 is 2.00 bits per heavy atom. The van der Waals surface area contributed by atoms with E-state index < -0.39 is 0 Å². The van der Waals surface area contributed by atoms with E-state index in [0.717, 1.165) is 16.7 Å². The highest BCUT2D eigenvalue weighted by molar-refractivity contribution is 5.79. The van der Waals surface area contributed by atoms with Gasteiger partial charge >= 0.3 is 0 Å². The van der Waals surface area contributed by atoms with Gasteiger partial charge in [-0.2, -0.15) is 0 Å². The van der Waals surface area contributed by atoms with E-state index in [1.54, 1.807) is 10.9 Å². The van der Waals surface area contributed by atoms with Gasteiger partial charge in [0, 0.05) is 24.9 Å². The van der Waals surface area contributed by atoms with Gasteiger partial charge < -0.3 is 5.32 Å². The third-order valence-corrected chi connectivity index (χ3v) is 3.14. The lowest BCUT2D eigenvalue weighted by Crippen LogP contribution is -2.29. The fourth-order valence-electron chi connectivity index (χ4n) is 2.10. The van der Waals surface area contributed by atoms with Crippen LogP contribution in [-0.2, 0) is 17.8 Å². The smallest absolute Gasteiger partial charge is 0.241 e. The van der Waals surface area contributed by atoms with Crippen LogP contribution in [0.15, 0.2) is 48.7 Å². The Kier molecular flexibility index (Phi) is 3.86. The molecule has 0 bridgehead atoms. The lowest BCUT2D eigenvalue weighted by Gasteiger charge is -2.05. The first kappa shape index (κ1) is 13.2. The van der Waals surface area contributed by atoms with Gasteiger partial charge in [-0.3, -0.25) is 9.78 Å². The minimum absolute atomic E-state index is 0.0819. The van der Waals surface area contributed by atoms with Crippen molar-refractivity contribution >= 4 is 16.9 Å². The van der Waals surface area contributed by atoms with Crippen molar-refractivity contribution in [2.45, 2.75) is 13.0 Å². The Balaban J connectivity index is 1.55. The van der Waals surface area contributed by atoms with Crippen LogP contribution in [0.4, 0.5) is 0 Å². The number of carbonyl (C=O) groups is 1. The second kappa shape index (κ2) is 6.13. The number of fused-ring (bicyclic) bond motifs is 1. The van der Waals surface area contributed by atoms with Crippen LogP contribution < -0.4 is 5.32 Å². The van der Waals surface area contributed by atoms with Crippen LogP contribution in [0.3, 0.4) is 0 Å². The molecule has 21 heavy (non-hydrogen) atoms. The SMILES string of the molecule is O=C(Cn1nnc2ccccc21)NCCc1ccccn1. The average molecular weight is 281 g/mol. The maximum atomic E-state index is 11.9. The van der Waals surface area contributed by atoms with Gasteiger partial charge in [0.2, 0.25) is 5.91 Å². The third kappa shape index (κ3) is 3.22. The summed E-state index contributed by atoms with van der Waals surface area (Å²) in [4.78, 5) is 16.1. The highest BCUT2D eigenvalue weighted by Gasteiger charge is 2.07. The summed E-state index contributed by atoms with van der Waals surface area (Å²) in [6.07, 6.45) is 2.46. The summed E-state index contributed by atoms with van der Waals surface area (Å²) >= 11 is 0. The molecule has 0 aliphatic carbocycles. The van der Waals surface area contributed by atoms with Crippen molar-refractivity contribution < 1.29 is 4.79 Å². The molecule has 0 unspecified atom stereocenters. The summed E-state index contributed by atoms with van der Waals surface area (Å²) in [5.74, 6) is -0.0819. The average Bonchev–Trinajstić information content (AvgIpc) is 2.92. The zero-order chi connectivity index (χ0) is 14.5. The van der Waals surface area contributed by atoms with Crippen molar-refractivity contribution in [3.05, 3.63) is 54.4 Å². The van der Waals surface area contributed by atoms with Gasteiger partial charge in [-0.15, -0.1) is 5.10 Å². The minimum Gasteiger partial charge on any atom is -0.354 e. The number of hydrogen-bond donors (Lipinski definition) is 1. The number of nitrogens with zero attached hydrogens (tertiary/aromatic N) is 4. The molecule has 0 atom stereocenters. The maximum absolute atomic E-state index is 11.9. The minimum atomic E-state index is -0.0819. The van der Waals surface area contributed by atoms with Gasteiger partial charge in [-0.05, 0) is 24.3 Å². The molecule has 1 amide bonds. The molecule has 6 nitrogen and oxygen atoms in total. The molecule has 0 aliphatic heterocycles. The standard InChI is InChI=1S/C15H15N5O/c21-15(17-10-8-12-5-3-4-9-16-12)11-20-14-7-2-1-6-13(14)18-19-20/h1-7,9H,8,10-11H2,(H,17,21). The first-order valence-corrected chi connectivity index (χ1v) is 6.78. The van der Waals surface area contributed by atoms with Gasteiger partial charge in [-0.25, -0.2) is 4.68 Å². The number of rotatable bonds is 5. The highest BCUT2D eigenvalue weighted by atomic mass is 16.2. The maximum Gasteiger partial charge on any atom is 0.241 e. The summed E-state index contributed by atoms with van der Waals surface area (Å²) in [5, 5.41) is 10.9. The summed E-state index contributed by atoms with van der Waals surface area (Å²) in [5.41, 5.74) is 2.61. The van der Waals surface area contributed by atoms with Crippen molar-refractivity contribution in [3.8, 4) is 0 Å². The zero-order valence-corrected chi connectivity index (χ0v) is 11.4. The van der Waals surface area contributed by atoms with E-state index in [1.807, 2.05) is 42.5 Å². The van der Waals surface area contributed by atoms with Crippen LogP contribution in [0, 0.1) is 0 Å². The van der Waals surface area contributed by atoms with Crippen LogP contribution in [0.2, 0.25) is 0 Å². The summed E-state index contributed by atoms with van der Waals surface area (Å²) in [6, 6.07) is 13.3. The highest BCUT2D eigenvalue weighted by Crippen LogP contribution is 2.09. The molecule has 2 heterocycles. The van der Waals surface area contributed by atoms with Crippen LogP contribution >= 0.6 is 0 Å². The number of para-hydroxylation sites is 1. The Morgan fingerprint density at radius 1 is 1.14 bits per heavy atom. The molecule has 3 aromatic rings. The molecular formula is C15H15N5O. The lowest BCUT2D eigenvalue weighted by molar-refractivity contribution is -0.121. The number of amides is 1. The molecule has 0 aliphatic rings. The Hall–Kier alpha value is -2.76. The molecule has 0 saturated carbocycles. The topological polar surface area (TPSA) is 72.7 Å². The van der Waals surface area contributed by atoms with Crippen molar-refractivity contribution in [2.75, 3.05) is 6.54 Å². The van der Waals surface area contributed by atoms with E-state index in [4.69, 9.17) is 0 Å². The molecule has 0 saturated heterocycles. The Bertz CT molecular complexity index is 738. The van der Waals surface area contributed by atoms with E-state index in [2.05, 4.69) is 20.6 Å². The van der Waals surface area contributed by atoms with Crippen LogP contribution in [0.1, 0.15) is 5.69 Å². The van der Waals surface area contributed by atoms with Crippen LogP contribution in [0.25, 0.3) is 11.0 Å². The zero-order valence-electron chi connectivity index (χ0n) is 11.4. The molecule has 106 valence electrons.